The summed E-state index contributed by atoms with van der Waals surface area (Å²) in [6, 6.07) is 70.1. The van der Waals surface area contributed by atoms with Gasteiger partial charge in [0.2, 0.25) is 0 Å². The van der Waals surface area contributed by atoms with Crippen LogP contribution in [0.3, 0.4) is 0 Å². The highest BCUT2D eigenvalue weighted by atomic mass is 15.2. The number of nitrogens with zero attached hydrogens (tertiary/aromatic N) is 1. The summed E-state index contributed by atoms with van der Waals surface area (Å²) in [4.78, 5) is 2.53. The minimum atomic E-state index is -0.404. The van der Waals surface area contributed by atoms with Gasteiger partial charge in [0.05, 0.1) is 16.8 Å². The van der Waals surface area contributed by atoms with Crippen LogP contribution in [0, 0.1) is 0 Å². The molecule has 8 aromatic carbocycles. The summed E-state index contributed by atoms with van der Waals surface area (Å²) in [5.74, 6) is 0. The minimum Gasteiger partial charge on any atom is -0.310 e. The molecule has 0 unspecified atom stereocenters. The molecule has 1 heteroatoms. The highest BCUT2D eigenvalue weighted by Gasteiger charge is 2.52. The summed E-state index contributed by atoms with van der Waals surface area (Å²) < 4.78 is 0. The Morgan fingerprint density at radius 1 is 0.321 bits per heavy atom. The highest BCUT2D eigenvalue weighted by Crippen LogP contribution is 2.65. The maximum atomic E-state index is 2.56. The van der Waals surface area contributed by atoms with Crippen molar-refractivity contribution < 1.29 is 0 Å². The lowest BCUT2D eigenvalue weighted by molar-refractivity contribution is 0.631. The smallest absolute Gasteiger partial charge is 0.0726 e. The number of rotatable bonds is 3. The van der Waals surface area contributed by atoms with Crippen LogP contribution in [0.15, 0.2) is 188 Å². The molecule has 0 aromatic heterocycles. The quantitative estimate of drug-likeness (QED) is 0.180. The van der Waals surface area contributed by atoms with Crippen molar-refractivity contribution in [2.24, 2.45) is 0 Å². The summed E-state index contributed by atoms with van der Waals surface area (Å²) in [7, 11) is 0. The molecule has 1 spiro atoms. The van der Waals surface area contributed by atoms with Gasteiger partial charge >= 0.3 is 0 Å². The van der Waals surface area contributed by atoms with Gasteiger partial charge in [0.1, 0.15) is 0 Å². The molecule has 53 heavy (non-hydrogen) atoms. The molecule has 0 saturated heterocycles. The van der Waals surface area contributed by atoms with Crippen LogP contribution in [0.25, 0.3) is 44.5 Å². The summed E-state index contributed by atoms with van der Waals surface area (Å²) >= 11 is 0. The zero-order valence-electron chi connectivity index (χ0n) is 29.8. The van der Waals surface area contributed by atoms with Crippen molar-refractivity contribution in [1.82, 2.24) is 0 Å². The van der Waals surface area contributed by atoms with E-state index in [1.807, 2.05) is 0 Å². The van der Waals surface area contributed by atoms with E-state index in [2.05, 4.69) is 207 Å². The van der Waals surface area contributed by atoms with Crippen molar-refractivity contribution in [3.63, 3.8) is 0 Å². The fourth-order valence-electron chi connectivity index (χ4n) is 9.84. The van der Waals surface area contributed by atoms with Gasteiger partial charge in [-0.15, -0.1) is 0 Å². The predicted molar refractivity (Wildman–Crippen MR) is 220 cm³/mol. The van der Waals surface area contributed by atoms with E-state index in [-0.39, 0.29) is 5.41 Å². The fourth-order valence-corrected chi connectivity index (χ4v) is 9.84. The summed E-state index contributed by atoms with van der Waals surface area (Å²) in [5.41, 5.74) is 21.3. The molecule has 0 fully saturated rings. The molecular weight excluding hydrogens is 639 g/mol. The Kier molecular flexibility index (Phi) is 6.29. The zero-order chi connectivity index (χ0) is 35.3. The molecule has 250 valence electrons. The highest BCUT2D eigenvalue weighted by molar-refractivity contribution is 5.98. The molecule has 2 aliphatic carbocycles. The standard InChI is InChI=1S/C52H37N/c1-51(2)47-31-37(35-17-7-4-8-18-35)27-30-49(47)53(38-28-25-36(26-29-38)34-15-5-3-6-16-34)50-33-46-42(32-48(50)51)41-21-11-14-24-45(41)52(46)43-22-12-9-19-39(43)40-20-10-13-23-44(40)52/h3-33H,1-2H3. The van der Waals surface area contributed by atoms with Gasteiger partial charge in [-0.3, -0.25) is 0 Å². The molecule has 1 nitrogen and oxygen atoms in total. The monoisotopic (exact) mass is 675 g/mol. The Labute approximate surface area is 311 Å². The molecule has 8 aromatic rings. The van der Waals surface area contributed by atoms with Crippen LogP contribution < -0.4 is 4.90 Å². The molecule has 3 aliphatic rings. The Hall–Kier alpha value is -6.44. The van der Waals surface area contributed by atoms with Gasteiger partial charge in [-0.05, 0) is 114 Å². The second kappa shape index (κ2) is 11.0. The number of anilines is 3. The first-order valence-electron chi connectivity index (χ1n) is 18.7. The van der Waals surface area contributed by atoms with E-state index in [4.69, 9.17) is 0 Å². The lowest BCUT2D eigenvalue weighted by Crippen LogP contribution is -2.32. The zero-order valence-corrected chi connectivity index (χ0v) is 29.8. The van der Waals surface area contributed by atoms with E-state index in [0.717, 1.165) is 5.69 Å². The van der Waals surface area contributed by atoms with Crippen molar-refractivity contribution in [2.45, 2.75) is 24.7 Å². The molecule has 0 amide bonds. The third-order valence-corrected chi connectivity index (χ3v) is 12.3. The van der Waals surface area contributed by atoms with Crippen LogP contribution in [-0.2, 0) is 10.8 Å². The maximum Gasteiger partial charge on any atom is 0.0726 e. The molecular formula is C52H37N. The summed E-state index contributed by atoms with van der Waals surface area (Å²) in [5, 5.41) is 0. The SMILES string of the molecule is CC1(C)c2cc(-c3ccccc3)ccc2N(c2ccc(-c3ccccc3)cc2)c2cc3c(cc21)-c1ccccc1C31c2ccccc2-c2ccccc21. The van der Waals surface area contributed by atoms with Crippen molar-refractivity contribution in [3.8, 4) is 44.5 Å². The van der Waals surface area contributed by atoms with Gasteiger partial charge in [-0.2, -0.15) is 0 Å². The van der Waals surface area contributed by atoms with Crippen molar-refractivity contribution in [3.05, 3.63) is 221 Å². The molecule has 0 saturated carbocycles. The van der Waals surface area contributed by atoms with Gasteiger partial charge in [0.15, 0.2) is 0 Å². The normalized spacial score (nSPS) is 14.9. The number of benzene rings is 8. The predicted octanol–water partition coefficient (Wildman–Crippen LogP) is 13.5. The molecule has 1 heterocycles. The molecule has 0 atom stereocenters. The Bertz CT molecular complexity index is 2690. The molecule has 0 N–H and O–H groups in total. The Morgan fingerprint density at radius 2 is 0.774 bits per heavy atom. The Morgan fingerprint density at radius 3 is 1.36 bits per heavy atom. The number of hydrogen-bond acceptors (Lipinski definition) is 1. The second-order valence-corrected chi connectivity index (χ2v) is 15.3. The maximum absolute atomic E-state index is 2.56. The topological polar surface area (TPSA) is 3.24 Å². The fraction of sp³-hybridized carbons (Fsp3) is 0.0769. The van der Waals surface area contributed by atoms with Crippen molar-refractivity contribution in [1.29, 1.82) is 0 Å². The average Bonchev–Trinajstić information content (AvgIpc) is 3.68. The van der Waals surface area contributed by atoms with Gasteiger partial charge in [-0.25, -0.2) is 0 Å². The largest absolute Gasteiger partial charge is 0.310 e. The van der Waals surface area contributed by atoms with Gasteiger partial charge in [-0.1, -0.05) is 166 Å². The van der Waals surface area contributed by atoms with Crippen LogP contribution in [0.2, 0.25) is 0 Å². The number of fused-ring (bicyclic) bond motifs is 12. The first-order valence-corrected chi connectivity index (χ1v) is 18.7. The van der Waals surface area contributed by atoms with Gasteiger partial charge in [0, 0.05) is 11.1 Å². The summed E-state index contributed by atoms with van der Waals surface area (Å²) in [6.07, 6.45) is 0. The first-order chi connectivity index (χ1) is 26.0. The van der Waals surface area contributed by atoms with Crippen LogP contribution >= 0.6 is 0 Å². The average molecular weight is 676 g/mol. The van der Waals surface area contributed by atoms with Crippen LogP contribution in [-0.4, -0.2) is 0 Å². The first kappa shape index (κ1) is 30.2. The van der Waals surface area contributed by atoms with E-state index in [1.165, 1.54) is 89.3 Å². The van der Waals surface area contributed by atoms with Gasteiger partial charge < -0.3 is 4.90 Å². The van der Waals surface area contributed by atoms with Crippen LogP contribution in [0.5, 0.6) is 0 Å². The van der Waals surface area contributed by atoms with Crippen molar-refractivity contribution in [2.75, 3.05) is 4.90 Å². The van der Waals surface area contributed by atoms with E-state index < -0.39 is 5.41 Å². The number of hydrogen-bond donors (Lipinski definition) is 0. The van der Waals surface area contributed by atoms with Crippen LogP contribution in [0.4, 0.5) is 17.1 Å². The minimum absolute atomic E-state index is 0.263. The molecule has 0 bridgehead atoms. The van der Waals surface area contributed by atoms with E-state index in [0.29, 0.717) is 0 Å². The third kappa shape index (κ3) is 4.08. The summed E-state index contributed by atoms with van der Waals surface area (Å²) in [6.45, 7) is 4.83. The second-order valence-electron chi connectivity index (χ2n) is 15.3. The molecule has 11 rings (SSSR count). The molecule has 0 radical (unpaired) electrons. The van der Waals surface area contributed by atoms with Gasteiger partial charge in [0.25, 0.3) is 0 Å². The molecule has 1 aliphatic heterocycles. The van der Waals surface area contributed by atoms with E-state index in [9.17, 15) is 0 Å². The third-order valence-electron chi connectivity index (χ3n) is 12.3. The van der Waals surface area contributed by atoms with Crippen molar-refractivity contribution >= 4 is 17.1 Å². The Balaban J connectivity index is 1.20. The van der Waals surface area contributed by atoms with Crippen LogP contribution in [0.1, 0.15) is 47.2 Å². The lowest BCUT2D eigenvalue weighted by Gasteiger charge is -2.43. The van der Waals surface area contributed by atoms with E-state index in [1.54, 1.807) is 0 Å². The van der Waals surface area contributed by atoms with E-state index >= 15 is 0 Å². The lowest BCUT2D eigenvalue weighted by atomic mass is 9.68.